The Balaban J connectivity index is 1.89. The highest BCUT2D eigenvalue weighted by atomic mass is 32.1. The van der Waals surface area contributed by atoms with E-state index < -0.39 is 0 Å². The number of nitrogens with one attached hydrogen (secondary N) is 2. The number of anilines is 1. The summed E-state index contributed by atoms with van der Waals surface area (Å²) in [7, 11) is 0. The molecule has 0 amide bonds. The normalized spacial score (nSPS) is 10.1. The number of benzene rings is 2. The SMILES string of the molecule is CCOc1ccccc1CNC(=S)Nc1ccc(CC)cc1. The molecule has 2 aromatic rings. The molecule has 22 heavy (non-hydrogen) atoms. The van der Waals surface area contributed by atoms with Crippen molar-refractivity contribution in [3.63, 3.8) is 0 Å². The minimum atomic E-state index is 0.607. The Labute approximate surface area is 137 Å². The largest absolute Gasteiger partial charge is 0.494 e. The Hall–Kier alpha value is -2.07. The smallest absolute Gasteiger partial charge is 0.171 e. The molecule has 0 aromatic heterocycles. The summed E-state index contributed by atoms with van der Waals surface area (Å²) in [6, 6.07) is 16.3. The van der Waals surface area contributed by atoms with Crippen molar-refractivity contribution < 1.29 is 4.74 Å². The molecule has 0 aliphatic rings. The molecule has 0 unspecified atom stereocenters. The van der Waals surface area contributed by atoms with E-state index in [1.807, 2.05) is 43.3 Å². The first-order valence-corrected chi connectivity index (χ1v) is 7.98. The maximum Gasteiger partial charge on any atom is 0.171 e. The number of hydrogen-bond donors (Lipinski definition) is 2. The lowest BCUT2D eigenvalue weighted by atomic mass is 10.1. The van der Waals surface area contributed by atoms with E-state index in [2.05, 4.69) is 29.7 Å². The second-order valence-electron chi connectivity index (χ2n) is 4.90. The molecule has 0 fully saturated rings. The van der Waals surface area contributed by atoms with E-state index in [9.17, 15) is 0 Å². The summed E-state index contributed by atoms with van der Waals surface area (Å²) in [6.07, 6.45) is 1.04. The number of aryl methyl sites for hydroxylation is 1. The molecule has 3 nitrogen and oxygen atoms in total. The molecule has 116 valence electrons. The van der Waals surface area contributed by atoms with Gasteiger partial charge in [-0.05, 0) is 49.3 Å². The zero-order chi connectivity index (χ0) is 15.8. The van der Waals surface area contributed by atoms with Gasteiger partial charge in [-0.1, -0.05) is 37.3 Å². The molecule has 4 heteroatoms. The van der Waals surface area contributed by atoms with E-state index in [4.69, 9.17) is 17.0 Å². The molecule has 0 aliphatic heterocycles. The average molecular weight is 314 g/mol. The first kappa shape index (κ1) is 16.3. The molecule has 0 aliphatic carbocycles. The standard InChI is InChI=1S/C18H22N2OS/c1-3-14-9-11-16(12-10-14)20-18(22)19-13-15-7-5-6-8-17(15)21-4-2/h5-12H,3-4,13H2,1-2H3,(H2,19,20,22). The first-order valence-electron chi connectivity index (χ1n) is 7.57. The summed E-state index contributed by atoms with van der Waals surface area (Å²) >= 11 is 5.34. The number of para-hydroxylation sites is 1. The average Bonchev–Trinajstić information content (AvgIpc) is 2.55. The molecule has 0 saturated heterocycles. The van der Waals surface area contributed by atoms with Gasteiger partial charge in [0.05, 0.1) is 6.61 Å². The third kappa shape index (κ3) is 4.74. The minimum absolute atomic E-state index is 0.607. The predicted molar refractivity (Wildman–Crippen MR) is 96.5 cm³/mol. The summed E-state index contributed by atoms with van der Waals surface area (Å²) in [5.74, 6) is 0.896. The maximum absolute atomic E-state index is 5.61. The lowest BCUT2D eigenvalue weighted by Crippen LogP contribution is -2.28. The number of thiocarbonyl (C=S) groups is 1. The molecule has 0 atom stereocenters. The third-order valence-corrected chi connectivity index (χ3v) is 3.58. The third-order valence-electron chi connectivity index (χ3n) is 3.33. The van der Waals surface area contributed by atoms with Crippen LogP contribution in [0.1, 0.15) is 25.0 Å². The van der Waals surface area contributed by atoms with Crippen molar-refractivity contribution in [3.05, 3.63) is 59.7 Å². The van der Waals surface area contributed by atoms with E-state index in [0.29, 0.717) is 18.3 Å². The van der Waals surface area contributed by atoms with Crippen molar-refractivity contribution in [2.75, 3.05) is 11.9 Å². The van der Waals surface area contributed by atoms with Crippen LogP contribution in [0, 0.1) is 0 Å². The van der Waals surface area contributed by atoms with Gasteiger partial charge in [-0.3, -0.25) is 0 Å². The Bertz CT molecular complexity index is 611. The van der Waals surface area contributed by atoms with Crippen molar-refractivity contribution in [3.8, 4) is 5.75 Å². The van der Waals surface area contributed by atoms with Gasteiger partial charge in [-0.25, -0.2) is 0 Å². The highest BCUT2D eigenvalue weighted by molar-refractivity contribution is 7.80. The Morgan fingerprint density at radius 1 is 1.05 bits per heavy atom. The predicted octanol–water partition coefficient (Wildman–Crippen LogP) is 4.13. The van der Waals surface area contributed by atoms with Crippen molar-refractivity contribution in [2.24, 2.45) is 0 Å². The van der Waals surface area contributed by atoms with Gasteiger partial charge in [0, 0.05) is 17.8 Å². The van der Waals surface area contributed by atoms with Gasteiger partial charge >= 0.3 is 0 Å². The van der Waals surface area contributed by atoms with Crippen LogP contribution >= 0.6 is 12.2 Å². The lowest BCUT2D eigenvalue weighted by Gasteiger charge is -2.13. The van der Waals surface area contributed by atoms with Gasteiger partial charge in [0.15, 0.2) is 5.11 Å². The lowest BCUT2D eigenvalue weighted by molar-refractivity contribution is 0.336. The van der Waals surface area contributed by atoms with Crippen LogP contribution in [-0.2, 0) is 13.0 Å². The van der Waals surface area contributed by atoms with Crippen molar-refractivity contribution in [2.45, 2.75) is 26.8 Å². The Morgan fingerprint density at radius 2 is 1.77 bits per heavy atom. The molecule has 0 bridgehead atoms. The summed E-state index contributed by atoms with van der Waals surface area (Å²) in [5, 5.41) is 7.02. The minimum Gasteiger partial charge on any atom is -0.494 e. The second kappa shape index (κ2) is 8.39. The number of hydrogen-bond acceptors (Lipinski definition) is 2. The fraction of sp³-hybridized carbons (Fsp3) is 0.278. The van der Waals surface area contributed by atoms with E-state index in [1.165, 1.54) is 5.56 Å². The van der Waals surface area contributed by atoms with Crippen LogP contribution in [0.5, 0.6) is 5.75 Å². The topological polar surface area (TPSA) is 33.3 Å². The monoisotopic (exact) mass is 314 g/mol. The molecular formula is C18H22N2OS. The molecular weight excluding hydrogens is 292 g/mol. The van der Waals surface area contributed by atoms with Crippen molar-refractivity contribution in [1.29, 1.82) is 0 Å². The van der Waals surface area contributed by atoms with Crippen LogP contribution in [-0.4, -0.2) is 11.7 Å². The highest BCUT2D eigenvalue weighted by Crippen LogP contribution is 2.17. The number of rotatable bonds is 6. The van der Waals surface area contributed by atoms with Crippen molar-refractivity contribution >= 4 is 23.0 Å². The molecule has 2 rings (SSSR count). The fourth-order valence-corrected chi connectivity index (χ4v) is 2.31. The van der Waals surface area contributed by atoms with Crippen LogP contribution in [0.15, 0.2) is 48.5 Å². The van der Waals surface area contributed by atoms with Gasteiger partial charge in [0.1, 0.15) is 5.75 Å². The van der Waals surface area contributed by atoms with E-state index in [1.54, 1.807) is 0 Å². The van der Waals surface area contributed by atoms with Gasteiger partial charge in [0.25, 0.3) is 0 Å². The molecule has 0 spiro atoms. The van der Waals surface area contributed by atoms with Gasteiger partial charge in [-0.15, -0.1) is 0 Å². The van der Waals surface area contributed by atoms with Crippen molar-refractivity contribution in [1.82, 2.24) is 5.32 Å². The highest BCUT2D eigenvalue weighted by Gasteiger charge is 2.03. The van der Waals surface area contributed by atoms with Crippen LogP contribution in [0.2, 0.25) is 0 Å². The van der Waals surface area contributed by atoms with Crippen LogP contribution in [0.3, 0.4) is 0 Å². The zero-order valence-corrected chi connectivity index (χ0v) is 13.9. The summed E-state index contributed by atoms with van der Waals surface area (Å²) in [5.41, 5.74) is 3.40. The second-order valence-corrected chi connectivity index (χ2v) is 5.31. The van der Waals surface area contributed by atoms with E-state index in [-0.39, 0.29) is 0 Å². The molecule has 2 aromatic carbocycles. The van der Waals surface area contributed by atoms with Gasteiger partial charge in [0.2, 0.25) is 0 Å². The van der Waals surface area contributed by atoms with E-state index in [0.717, 1.165) is 23.4 Å². The van der Waals surface area contributed by atoms with Crippen LogP contribution in [0.4, 0.5) is 5.69 Å². The first-order chi connectivity index (χ1) is 10.7. The Morgan fingerprint density at radius 3 is 2.45 bits per heavy atom. The molecule has 0 heterocycles. The van der Waals surface area contributed by atoms with Crippen LogP contribution < -0.4 is 15.4 Å². The van der Waals surface area contributed by atoms with E-state index >= 15 is 0 Å². The van der Waals surface area contributed by atoms with Gasteiger partial charge < -0.3 is 15.4 Å². The fourth-order valence-electron chi connectivity index (χ4n) is 2.12. The summed E-state index contributed by atoms with van der Waals surface area (Å²) < 4.78 is 5.61. The molecule has 0 saturated carbocycles. The summed E-state index contributed by atoms with van der Waals surface area (Å²) in [6.45, 7) is 5.42. The van der Waals surface area contributed by atoms with Gasteiger partial charge in [-0.2, -0.15) is 0 Å². The summed E-state index contributed by atoms with van der Waals surface area (Å²) in [4.78, 5) is 0. The number of ether oxygens (including phenoxy) is 1. The zero-order valence-electron chi connectivity index (χ0n) is 13.1. The Kier molecular flexibility index (Phi) is 6.22. The molecule has 0 radical (unpaired) electrons. The maximum atomic E-state index is 5.61. The molecule has 2 N–H and O–H groups in total. The van der Waals surface area contributed by atoms with Crippen LogP contribution in [0.25, 0.3) is 0 Å². The quantitative estimate of drug-likeness (QED) is 0.785.